The van der Waals surface area contributed by atoms with Crippen LogP contribution in [-0.2, 0) is 0 Å². The van der Waals surface area contributed by atoms with Crippen LogP contribution in [0.3, 0.4) is 0 Å². The molecule has 0 bridgehead atoms. The first kappa shape index (κ1) is 13.6. The maximum atomic E-state index is 4.52. The van der Waals surface area contributed by atoms with E-state index >= 15 is 0 Å². The molecule has 19 heavy (non-hydrogen) atoms. The topological polar surface area (TPSA) is 24.4 Å². The summed E-state index contributed by atoms with van der Waals surface area (Å²) in [6.45, 7) is 6.63. The Balaban J connectivity index is 2.46. The average Bonchev–Trinajstić information content (AvgIpc) is 2.47. The normalized spacial score (nSPS) is 17.4. The molecule has 0 aromatic heterocycles. The predicted octanol–water partition coefficient (Wildman–Crippen LogP) is 4.40. The third-order valence-corrected chi connectivity index (χ3v) is 3.50. The fourth-order valence-electron chi connectivity index (χ4n) is 2.38. The summed E-state index contributed by atoms with van der Waals surface area (Å²) in [7, 11) is 0. The smallest absolute Gasteiger partial charge is 0.0980 e. The number of rotatable bonds is 4. The van der Waals surface area contributed by atoms with Gasteiger partial charge < -0.3 is 0 Å². The van der Waals surface area contributed by atoms with Gasteiger partial charge in [0.15, 0.2) is 0 Å². The minimum atomic E-state index is 1.06. The van der Waals surface area contributed by atoms with Crippen LogP contribution in [0, 0.1) is 0 Å². The van der Waals surface area contributed by atoms with Gasteiger partial charge in [0.05, 0.1) is 5.71 Å². The summed E-state index contributed by atoms with van der Waals surface area (Å²) in [5, 5.41) is 4.52. The molecular weight excluding hydrogens is 232 g/mol. The highest BCUT2D eigenvalue weighted by Gasteiger charge is 2.19. The third-order valence-electron chi connectivity index (χ3n) is 3.50. The molecule has 0 spiro atoms. The summed E-state index contributed by atoms with van der Waals surface area (Å²) in [4.78, 5) is 0. The standard InChI is InChI=1S/C17H22N2/c1-4-9-15-12-18-19-17(16(15)13(3)5-2)14-10-7-6-8-11-14/h6-8,10-12,18H,4-5,9H2,1-3H3/b16-13+. The lowest BCUT2D eigenvalue weighted by molar-refractivity contribution is 0.857. The van der Waals surface area contributed by atoms with E-state index < -0.39 is 0 Å². The summed E-state index contributed by atoms with van der Waals surface area (Å²) in [6.07, 6.45) is 5.34. The molecule has 1 heterocycles. The minimum Gasteiger partial charge on any atom is -0.285 e. The Morgan fingerprint density at radius 2 is 1.89 bits per heavy atom. The Morgan fingerprint density at radius 1 is 1.16 bits per heavy atom. The quantitative estimate of drug-likeness (QED) is 0.846. The summed E-state index contributed by atoms with van der Waals surface area (Å²) < 4.78 is 0. The van der Waals surface area contributed by atoms with Crippen molar-refractivity contribution in [2.75, 3.05) is 0 Å². The van der Waals surface area contributed by atoms with Crippen molar-refractivity contribution < 1.29 is 0 Å². The van der Waals surface area contributed by atoms with Gasteiger partial charge in [0.1, 0.15) is 0 Å². The van der Waals surface area contributed by atoms with Gasteiger partial charge in [-0.2, -0.15) is 5.10 Å². The Kier molecular flexibility index (Phi) is 4.56. The highest BCUT2D eigenvalue weighted by atomic mass is 15.3. The molecule has 0 fully saturated rings. The van der Waals surface area contributed by atoms with Crippen molar-refractivity contribution in [1.82, 2.24) is 5.43 Å². The number of nitrogens with one attached hydrogen (secondary N) is 1. The van der Waals surface area contributed by atoms with Crippen LogP contribution in [0.25, 0.3) is 0 Å². The number of allylic oxidation sites excluding steroid dienone is 3. The second-order valence-electron chi connectivity index (χ2n) is 4.88. The van der Waals surface area contributed by atoms with Crippen molar-refractivity contribution >= 4 is 5.71 Å². The van der Waals surface area contributed by atoms with Crippen molar-refractivity contribution in [3.8, 4) is 0 Å². The highest BCUT2D eigenvalue weighted by molar-refractivity contribution is 6.16. The van der Waals surface area contributed by atoms with E-state index in [4.69, 9.17) is 0 Å². The molecule has 0 saturated heterocycles. The van der Waals surface area contributed by atoms with Gasteiger partial charge in [-0.25, -0.2) is 0 Å². The van der Waals surface area contributed by atoms with Crippen LogP contribution < -0.4 is 5.43 Å². The largest absolute Gasteiger partial charge is 0.285 e. The third kappa shape index (κ3) is 2.95. The lowest BCUT2D eigenvalue weighted by Gasteiger charge is -2.21. The lowest BCUT2D eigenvalue weighted by atomic mass is 9.88. The monoisotopic (exact) mass is 254 g/mol. The van der Waals surface area contributed by atoms with E-state index in [1.165, 1.54) is 22.3 Å². The van der Waals surface area contributed by atoms with Gasteiger partial charge >= 0.3 is 0 Å². The van der Waals surface area contributed by atoms with E-state index in [2.05, 4.69) is 55.6 Å². The Bertz CT molecular complexity index is 521. The second kappa shape index (κ2) is 6.37. The van der Waals surface area contributed by atoms with E-state index in [-0.39, 0.29) is 0 Å². The molecule has 0 aliphatic carbocycles. The van der Waals surface area contributed by atoms with E-state index in [1.807, 2.05) is 12.3 Å². The Morgan fingerprint density at radius 3 is 2.53 bits per heavy atom. The second-order valence-corrected chi connectivity index (χ2v) is 4.88. The highest BCUT2D eigenvalue weighted by Crippen LogP contribution is 2.27. The van der Waals surface area contributed by atoms with E-state index in [0.29, 0.717) is 0 Å². The summed E-state index contributed by atoms with van der Waals surface area (Å²) >= 11 is 0. The van der Waals surface area contributed by atoms with Crippen molar-refractivity contribution in [1.29, 1.82) is 0 Å². The molecule has 2 heteroatoms. The number of nitrogens with zero attached hydrogens (tertiary/aromatic N) is 1. The van der Waals surface area contributed by atoms with Crippen LogP contribution in [0.15, 0.2) is 58.4 Å². The summed E-state index contributed by atoms with van der Waals surface area (Å²) in [5.41, 5.74) is 9.43. The Hall–Kier alpha value is -1.83. The molecule has 1 aromatic rings. The first-order chi connectivity index (χ1) is 9.27. The molecule has 1 aliphatic rings. The van der Waals surface area contributed by atoms with Gasteiger partial charge in [-0.3, -0.25) is 5.43 Å². The van der Waals surface area contributed by atoms with Crippen molar-refractivity contribution in [2.24, 2.45) is 5.10 Å². The van der Waals surface area contributed by atoms with Crippen LogP contribution in [0.5, 0.6) is 0 Å². The molecule has 100 valence electrons. The SMILES string of the molecule is CCCC1=CNN=C(c2ccccc2)/C1=C(\C)CC. The van der Waals surface area contributed by atoms with Gasteiger partial charge in [0.25, 0.3) is 0 Å². The van der Waals surface area contributed by atoms with Crippen LogP contribution in [0.2, 0.25) is 0 Å². The lowest BCUT2D eigenvalue weighted by Crippen LogP contribution is -2.19. The number of hydrazone groups is 1. The molecule has 0 amide bonds. The van der Waals surface area contributed by atoms with Gasteiger partial charge in [0.2, 0.25) is 0 Å². The maximum absolute atomic E-state index is 4.52. The zero-order chi connectivity index (χ0) is 13.7. The molecule has 0 saturated carbocycles. The number of hydrogen-bond acceptors (Lipinski definition) is 2. The zero-order valence-electron chi connectivity index (χ0n) is 12.0. The van der Waals surface area contributed by atoms with E-state index in [1.54, 1.807) is 0 Å². The van der Waals surface area contributed by atoms with Crippen LogP contribution in [-0.4, -0.2) is 5.71 Å². The molecule has 1 N–H and O–H groups in total. The first-order valence-corrected chi connectivity index (χ1v) is 7.06. The van der Waals surface area contributed by atoms with Crippen LogP contribution >= 0.6 is 0 Å². The Labute approximate surface area is 115 Å². The number of benzene rings is 1. The molecule has 1 aromatic carbocycles. The molecular formula is C17H22N2. The fourth-order valence-corrected chi connectivity index (χ4v) is 2.38. The van der Waals surface area contributed by atoms with E-state index in [9.17, 15) is 0 Å². The molecule has 0 radical (unpaired) electrons. The zero-order valence-corrected chi connectivity index (χ0v) is 12.0. The molecule has 2 rings (SSSR count). The van der Waals surface area contributed by atoms with Crippen LogP contribution in [0.1, 0.15) is 45.6 Å². The minimum absolute atomic E-state index is 1.06. The van der Waals surface area contributed by atoms with E-state index in [0.717, 1.165) is 25.0 Å². The van der Waals surface area contributed by atoms with Gasteiger partial charge in [0, 0.05) is 17.3 Å². The van der Waals surface area contributed by atoms with Gasteiger partial charge in [-0.1, -0.05) is 56.2 Å². The predicted molar refractivity (Wildman–Crippen MR) is 82.1 cm³/mol. The van der Waals surface area contributed by atoms with Crippen LogP contribution in [0.4, 0.5) is 0 Å². The summed E-state index contributed by atoms with van der Waals surface area (Å²) in [6, 6.07) is 10.4. The average molecular weight is 254 g/mol. The number of hydrogen-bond donors (Lipinski definition) is 1. The first-order valence-electron chi connectivity index (χ1n) is 7.06. The molecule has 0 atom stereocenters. The fraction of sp³-hybridized carbons (Fsp3) is 0.353. The maximum Gasteiger partial charge on any atom is 0.0980 e. The van der Waals surface area contributed by atoms with Crippen molar-refractivity contribution in [3.05, 3.63) is 58.8 Å². The molecule has 2 nitrogen and oxygen atoms in total. The van der Waals surface area contributed by atoms with Gasteiger partial charge in [-0.05, 0) is 25.3 Å². The molecule has 1 aliphatic heterocycles. The van der Waals surface area contributed by atoms with Crippen molar-refractivity contribution in [2.45, 2.75) is 40.0 Å². The van der Waals surface area contributed by atoms with Crippen molar-refractivity contribution in [3.63, 3.8) is 0 Å². The summed E-state index contributed by atoms with van der Waals surface area (Å²) in [5.74, 6) is 0. The molecule has 0 unspecified atom stereocenters. The van der Waals surface area contributed by atoms with Gasteiger partial charge in [-0.15, -0.1) is 0 Å².